The van der Waals surface area contributed by atoms with E-state index in [1.54, 1.807) is 0 Å². The lowest BCUT2D eigenvalue weighted by molar-refractivity contribution is 0.0915. The summed E-state index contributed by atoms with van der Waals surface area (Å²) in [6.07, 6.45) is 10.3. The van der Waals surface area contributed by atoms with Gasteiger partial charge < -0.3 is 10.6 Å². The fourth-order valence-corrected chi connectivity index (χ4v) is 4.02. The van der Waals surface area contributed by atoms with Gasteiger partial charge in [-0.3, -0.25) is 9.88 Å². The minimum absolute atomic E-state index is 0.211. The predicted molar refractivity (Wildman–Crippen MR) is 90.7 cm³/mol. The molecule has 1 aromatic rings. The third kappa shape index (κ3) is 4.59. The first kappa shape index (κ1) is 17.0. The third-order valence-electron chi connectivity index (χ3n) is 5.20. The SMILES string of the molecule is O=C(NCC[C@H]1CCCCN1C1CCCC1)NCc1n[nH]c(=O)[nH]1. The van der Waals surface area contributed by atoms with Gasteiger partial charge in [0, 0.05) is 18.6 Å². The highest BCUT2D eigenvalue weighted by molar-refractivity contribution is 5.73. The third-order valence-corrected chi connectivity index (χ3v) is 5.20. The maximum atomic E-state index is 11.8. The molecule has 3 rings (SSSR count). The van der Waals surface area contributed by atoms with Crippen LogP contribution in [0.1, 0.15) is 57.2 Å². The second kappa shape index (κ2) is 8.32. The summed E-state index contributed by atoms with van der Waals surface area (Å²) in [5, 5.41) is 11.6. The summed E-state index contributed by atoms with van der Waals surface area (Å²) in [6, 6.07) is 1.15. The van der Waals surface area contributed by atoms with E-state index in [0.29, 0.717) is 18.4 Å². The first-order chi connectivity index (χ1) is 11.7. The van der Waals surface area contributed by atoms with E-state index in [4.69, 9.17) is 0 Å². The van der Waals surface area contributed by atoms with Crippen LogP contribution in [0.5, 0.6) is 0 Å². The number of nitrogens with one attached hydrogen (secondary N) is 4. The number of rotatable bonds is 6. The number of urea groups is 1. The molecule has 0 unspecified atom stereocenters. The van der Waals surface area contributed by atoms with Crippen molar-refractivity contribution in [3.63, 3.8) is 0 Å². The van der Waals surface area contributed by atoms with Crippen LogP contribution in [0.3, 0.4) is 0 Å². The van der Waals surface area contributed by atoms with Gasteiger partial charge in [-0.2, -0.15) is 5.10 Å². The zero-order valence-electron chi connectivity index (χ0n) is 14.1. The molecule has 1 saturated carbocycles. The van der Waals surface area contributed by atoms with Crippen LogP contribution in [0.15, 0.2) is 4.79 Å². The number of likely N-dealkylation sites (tertiary alicyclic amines) is 1. The fourth-order valence-electron chi connectivity index (χ4n) is 4.02. The Balaban J connectivity index is 1.37. The first-order valence-corrected chi connectivity index (χ1v) is 9.13. The van der Waals surface area contributed by atoms with Crippen molar-refractivity contribution in [2.75, 3.05) is 13.1 Å². The Morgan fingerprint density at radius 3 is 2.71 bits per heavy atom. The molecule has 2 amide bonds. The van der Waals surface area contributed by atoms with Gasteiger partial charge in [0.1, 0.15) is 5.82 Å². The molecular formula is C16H28N6O2. The summed E-state index contributed by atoms with van der Waals surface area (Å²) >= 11 is 0. The Labute approximate surface area is 141 Å². The second-order valence-electron chi connectivity index (χ2n) is 6.85. The lowest BCUT2D eigenvalue weighted by atomic mass is 9.96. The van der Waals surface area contributed by atoms with Crippen molar-refractivity contribution in [3.8, 4) is 0 Å². The largest absolute Gasteiger partial charge is 0.340 e. The van der Waals surface area contributed by atoms with Crippen LogP contribution >= 0.6 is 0 Å². The standard InChI is InChI=1S/C16H28N6O2/c23-15(18-11-14-19-16(24)21-20-14)17-9-8-13-7-3-4-10-22(13)12-5-1-2-6-12/h12-13H,1-11H2,(H2,17,18,23)(H2,19,20,21,24)/t13-/m1/s1. The zero-order valence-corrected chi connectivity index (χ0v) is 14.1. The monoisotopic (exact) mass is 336 g/mol. The quantitative estimate of drug-likeness (QED) is 0.624. The smallest absolute Gasteiger partial charge is 0.338 e. The normalized spacial score (nSPS) is 22.6. The van der Waals surface area contributed by atoms with Crippen molar-refractivity contribution in [1.82, 2.24) is 30.7 Å². The van der Waals surface area contributed by atoms with Crippen LogP contribution in [-0.2, 0) is 6.54 Å². The molecule has 2 heterocycles. The molecule has 0 aromatic carbocycles. The minimum atomic E-state index is -0.364. The van der Waals surface area contributed by atoms with Gasteiger partial charge in [0.25, 0.3) is 0 Å². The topological polar surface area (TPSA) is 106 Å². The zero-order chi connectivity index (χ0) is 16.8. The maximum Gasteiger partial charge on any atom is 0.340 e. The van der Waals surface area contributed by atoms with Gasteiger partial charge in [-0.1, -0.05) is 19.3 Å². The Hall–Kier alpha value is -1.83. The molecule has 1 saturated heterocycles. The van der Waals surface area contributed by atoms with Gasteiger partial charge in [-0.15, -0.1) is 0 Å². The molecule has 134 valence electrons. The fraction of sp³-hybridized carbons (Fsp3) is 0.812. The summed E-state index contributed by atoms with van der Waals surface area (Å²) in [6.45, 7) is 2.10. The van der Waals surface area contributed by atoms with Crippen molar-refractivity contribution in [1.29, 1.82) is 0 Å². The summed E-state index contributed by atoms with van der Waals surface area (Å²) < 4.78 is 0. The molecule has 1 aromatic heterocycles. The molecular weight excluding hydrogens is 308 g/mol. The van der Waals surface area contributed by atoms with Gasteiger partial charge in [0.2, 0.25) is 0 Å². The molecule has 1 aliphatic heterocycles. The average molecular weight is 336 g/mol. The first-order valence-electron chi connectivity index (χ1n) is 9.13. The van der Waals surface area contributed by atoms with Crippen LogP contribution < -0.4 is 16.3 Å². The molecule has 0 bridgehead atoms. The Morgan fingerprint density at radius 1 is 1.17 bits per heavy atom. The summed E-state index contributed by atoms with van der Waals surface area (Å²) in [5.74, 6) is 0.426. The van der Waals surface area contributed by atoms with Crippen LogP contribution in [0.4, 0.5) is 4.79 Å². The van der Waals surface area contributed by atoms with Crippen molar-refractivity contribution in [3.05, 3.63) is 16.3 Å². The van der Waals surface area contributed by atoms with E-state index < -0.39 is 0 Å². The lowest BCUT2D eigenvalue weighted by Gasteiger charge is -2.40. The van der Waals surface area contributed by atoms with E-state index in [1.165, 1.54) is 51.5 Å². The van der Waals surface area contributed by atoms with E-state index >= 15 is 0 Å². The van der Waals surface area contributed by atoms with E-state index in [1.807, 2.05) is 0 Å². The Kier molecular flexibility index (Phi) is 5.90. The average Bonchev–Trinajstić information content (AvgIpc) is 3.25. The number of aromatic nitrogens is 3. The van der Waals surface area contributed by atoms with E-state index in [2.05, 4.69) is 30.7 Å². The Bertz CT molecular complexity index is 577. The Morgan fingerprint density at radius 2 is 1.96 bits per heavy atom. The van der Waals surface area contributed by atoms with Crippen molar-refractivity contribution in [2.24, 2.45) is 0 Å². The number of nitrogens with zero attached hydrogens (tertiary/aromatic N) is 2. The highest BCUT2D eigenvalue weighted by Crippen LogP contribution is 2.30. The van der Waals surface area contributed by atoms with E-state index in [0.717, 1.165) is 12.5 Å². The highest BCUT2D eigenvalue weighted by Gasteiger charge is 2.30. The van der Waals surface area contributed by atoms with Crippen molar-refractivity contribution in [2.45, 2.75) is 70.0 Å². The predicted octanol–water partition coefficient (Wildman–Crippen LogP) is 1.08. The second-order valence-corrected chi connectivity index (χ2v) is 6.85. The van der Waals surface area contributed by atoms with E-state index in [-0.39, 0.29) is 18.3 Å². The van der Waals surface area contributed by atoms with Gasteiger partial charge in [-0.25, -0.2) is 14.7 Å². The van der Waals surface area contributed by atoms with Gasteiger partial charge in [0.05, 0.1) is 6.54 Å². The molecule has 0 spiro atoms. The molecule has 2 aliphatic rings. The molecule has 1 aliphatic carbocycles. The number of hydrogen-bond donors (Lipinski definition) is 4. The molecule has 4 N–H and O–H groups in total. The van der Waals surface area contributed by atoms with Gasteiger partial charge in [0.15, 0.2) is 0 Å². The number of aromatic amines is 2. The van der Waals surface area contributed by atoms with Crippen LogP contribution in [0.2, 0.25) is 0 Å². The van der Waals surface area contributed by atoms with Gasteiger partial charge in [-0.05, 0) is 38.6 Å². The number of hydrogen-bond acceptors (Lipinski definition) is 4. The van der Waals surface area contributed by atoms with Gasteiger partial charge >= 0.3 is 11.7 Å². The highest BCUT2D eigenvalue weighted by atomic mass is 16.2. The van der Waals surface area contributed by atoms with Crippen LogP contribution in [-0.4, -0.2) is 51.3 Å². The summed E-state index contributed by atoms with van der Waals surface area (Å²) in [5.41, 5.74) is -0.364. The summed E-state index contributed by atoms with van der Waals surface area (Å²) in [4.78, 5) is 28.0. The van der Waals surface area contributed by atoms with Crippen LogP contribution in [0, 0.1) is 0 Å². The maximum absolute atomic E-state index is 11.8. The number of amides is 2. The molecule has 24 heavy (non-hydrogen) atoms. The minimum Gasteiger partial charge on any atom is -0.338 e. The molecule has 0 radical (unpaired) electrons. The van der Waals surface area contributed by atoms with Crippen molar-refractivity contribution < 1.29 is 4.79 Å². The molecule has 2 fully saturated rings. The summed E-state index contributed by atoms with van der Waals surface area (Å²) in [7, 11) is 0. The van der Waals surface area contributed by atoms with Crippen molar-refractivity contribution >= 4 is 6.03 Å². The number of H-pyrrole nitrogens is 2. The lowest BCUT2D eigenvalue weighted by Crippen LogP contribution is -2.47. The number of carbonyl (C=O) groups is 1. The molecule has 8 heteroatoms. The van der Waals surface area contributed by atoms with E-state index in [9.17, 15) is 9.59 Å². The molecule has 8 nitrogen and oxygen atoms in total. The number of carbonyl (C=O) groups excluding carboxylic acids is 1. The molecule has 1 atom stereocenters. The van der Waals surface area contributed by atoms with Crippen LogP contribution in [0.25, 0.3) is 0 Å². The number of piperidine rings is 1.